The van der Waals surface area contributed by atoms with Crippen molar-refractivity contribution in [2.24, 2.45) is 5.92 Å². The number of hydrogen-bond donors (Lipinski definition) is 0. The van der Waals surface area contributed by atoms with E-state index in [1.807, 2.05) is 43.3 Å². The number of aryl methyl sites for hydroxylation is 1. The summed E-state index contributed by atoms with van der Waals surface area (Å²) in [7, 11) is 0. The van der Waals surface area contributed by atoms with Gasteiger partial charge in [-0.1, -0.05) is 98.1 Å². The molecule has 0 spiro atoms. The minimum Gasteiger partial charge on any atom is -0.207 e. The normalized spacial score (nSPS) is 15.7. The average Bonchev–Trinajstić information content (AvgIpc) is 3.16. The molecule has 0 atom stereocenters. The second-order valence-electron chi connectivity index (χ2n) is 14.7. The number of rotatable bonds is 4. The molecule has 274 valence electrons. The quantitative estimate of drug-likeness (QED) is 0.158. The molecule has 0 saturated heterocycles. The van der Waals surface area contributed by atoms with Gasteiger partial charge in [0.25, 0.3) is 0 Å². The van der Waals surface area contributed by atoms with Crippen LogP contribution in [0.5, 0.6) is 0 Å². The van der Waals surface area contributed by atoms with Crippen molar-refractivity contribution in [3.8, 4) is 33.4 Å². The minimum atomic E-state index is -0.604. The Morgan fingerprint density at radius 3 is 1.39 bits per heavy atom. The molecule has 1 fully saturated rings. The summed E-state index contributed by atoms with van der Waals surface area (Å²) in [5.41, 5.74) is 5.98. The molecular formula is C48H40F6. The zero-order chi connectivity index (χ0) is 38.3. The molecule has 0 N–H and O–H groups in total. The third-order valence-electron chi connectivity index (χ3n) is 11.0. The molecule has 6 heteroatoms. The average molecular weight is 731 g/mol. The maximum Gasteiger partial charge on any atom is 0.136 e. The van der Waals surface area contributed by atoms with E-state index in [1.54, 1.807) is 54.6 Å². The molecule has 1 aliphatic carbocycles. The third kappa shape index (κ3) is 7.39. The number of benzene rings is 7. The summed E-state index contributed by atoms with van der Waals surface area (Å²) in [6, 6.07) is 30.7. The number of hydrogen-bond acceptors (Lipinski definition) is 0. The fourth-order valence-electron chi connectivity index (χ4n) is 7.49. The molecule has 0 amide bonds. The lowest BCUT2D eigenvalue weighted by Crippen LogP contribution is -2.11. The topological polar surface area (TPSA) is 0 Å². The van der Waals surface area contributed by atoms with E-state index in [2.05, 4.69) is 6.92 Å². The smallest absolute Gasteiger partial charge is 0.136 e. The summed E-state index contributed by atoms with van der Waals surface area (Å²) in [4.78, 5) is 0. The highest BCUT2D eigenvalue weighted by molar-refractivity contribution is 5.90. The van der Waals surface area contributed by atoms with Crippen molar-refractivity contribution >= 4 is 21.5 Å². The van der Waals surface area contributed by atoms with Crippen LogP contribution in [0.2, 0.25) is 0 Å². The monoisotopic (exact) mass is 730 g/mol. The Morgan fingerprint density at radius 1 is 0.426 bits per heavy atom. The molecule has 0 unspecified atom stereocenters. The van der Waals surface area contributed by atoms with Crippen LogP contribution in [0.15, 0.2) is 109 Å². The Balaban J connectivity index is 0.000000167. The Bertz CT molecular complexity index is 2510. The molecule has 0 nitrogen and oxygen atoms in total. The molecule has 8 rings (SSSR count). The molecule has 7 aromatic rings. The van der Waals surface area contributed by atoms with Crippen LogP contribution in [-0.2, 0) is 0 Å². The van der Waals surface area contributed by atoms with E-state index in [-0.39, 0.29) is 22.8 Å². The molecular weight excluding hydrogens is 691 g/mol. The predicted octanol–water partition coefficient (Wildman–Crippen LogP) is 14.7. The molecule has 0 heterocycles. The first-order valence-electron chi connectivity index (χ1n) is 18.3. The molecule has 0 aromatic heterocycles. The van der Waals surface area contributed by atoms with E-state index in [9.17, 15) is 26.3 Å². The second-order valence-corrected chi connectivity index (χ2v) is 14.7. The van der Waals surface area contributed by atoms with Gasteiger partial charge in [-0.25, -0.2) is 26.3 Å². The highest BCUT2D eigenvalue weighted by atomic mass is 19.2. The van der Waals surface area contributed by atoms with Gasteiger partial charge in [0, 0.05) is 33.0 Å². The summed E-state index contributed by atoms with van der Waals surface area (Å²) in [5.74, 6) is -1.79. The first-order chi connectivity index (χ1) is 25.9. The molecule has 0 bridgehead atoms. The fourth-order valence-corrected chi connectivity index (χ4v) is 7.49. The van der Waals surface area contributed by atoms with Crippen molar-refractivity contribution in [1.82, 2.24) is 0 Å². The van der Waals surface area contributed by atoms with Gasteiger partial charge in [0.1, 0.15) is 34.9 Å². The summed E-state index contributed by atoms with van der Waals surface area (Å²) in [5, 5.41) is 1.54. The third-order valence-corrected chi connectivity index (χ3v) is 11.0. The van der Waals surface area contributed by atoms with Crippen LogP contribution in [0.3, 0.4) is 0 Å². The Labute approximate surface area is 312 Å². The van der Waals surface area contributed by atoms with Crippen LogP contribution < -0.4 is 0 Å². The molecule has 54 heavy (non-hydrogen) atoms. The standard InChI is InChI=1S/C24H23F3.C24H17F3/c2*1-14-3-5-16(6-4-14)17-7-9-20(23(26)12-17)18-8-10-21-19(11-18)13-22(25)15(2)24(21)27/h7-14,16H,3-6H2,1-2H3;3-13H,1-2H3. The van der Waals surface area contributed by atoms with E-state index < -0.39 is 23.3 Å². The van der Waals surface area contributed by atoms with Gasteiger partial charge in [-0.3, -0.25) is 0 Å². The van der Waals surface area contributed by atoms with Crippen LogP contribution in [-0.4, -0.2) is 0 Å². The van der Waals surface area contributed by atoms with E-state index in [0.29, 0.717) is 49.7 Å². The van der Waals surface area contributed by atoms with Gasteiger partial charge < -0.3 is 0 Å². The lowest BCUT2D eigenvalue weighted by molar-refractivity contribution is 0.347. The van der Waals surface area contributed by atoms with Crippen LogP contribution in [0.25, 0.3) is 54.9 Å². The largest absolute Gasteiger partial charge is 0.207 e. The van der Waals surface area contributed by atoms with Crippen LogP contribution in [0, 0.1) is 61.6 Å². The molecule has 0 radical (unpaired) electrons. The van der Waals surface area contributed by atoms with Crippen LogP contribution in [0.4, 0.5) is 26.3 Å². The maximum atomic E-state index is 14.8. The van der Waals surface area contributed by atoms with Gasteiger partial charge in [0.2, 0.25) is 0 Å². The Kier molecular flexibility index (Phi) is 10.4. The summed E-state index contributed by atoms with van der Waals surface area (Å²) < 4.78 is 85.9. The highest BCUT2D eigenvalue weighted by Gasteiger charge is 2.21. The molecule has 7 aromatic carbocycles. The molecule has 0 aliphatic heterocycles. The van der Waals surface area contributed by atoms with Crippen molar-refractivity contribution in [3.05, 3.63) is 166 Å². The minimum absolute atomic E-state index is 0.00702. The Morgan fingerprint density at radius 2 is 0.889 bits per heavy atom. The van der Waals surface area contributed by atoms with E-state index in [0.717, 1.165) is 41.0 Å². The maximum absolute atomic E-state index is 14.8. The zero-order valence-electron chi connectivity index (χ0n) is 30.6. The van der Waals surface area contributed by atoms with Gasteiger partial charge in [0.15, 0.2) is 0 Å². The van der Waals surface area contributed by atoms with Crippen LogP contribution in [0.1, 0.15) is 60.8 Å². The number of fused-ring (bicyclic) bond motifs is 2. The first kappa shape index (κ1) is 37.0. The molecule has 1 aliphatic rings. The number of halogens is 6. The van der Waals surface area contributed by atoms with Crippen molar-refractivity contribution < 1.29 is 26.3 Å². The van der Waals surface area contributed by atoms with Gasteiger partial charge in [-0.05, 0) is 120 Å². The predicted molar refractivity (Wildman–Crippen MR) is 209 cm³/mol. The lowest BCUT2D eigenvalue weighted by atomic mass is 9.79. The van der Waals surface area contributed by atoms with Crippen LogP contribution >= 0.6 is 0 Å². The van der Waals surface area contributed by atoms with E-state index >= 15 is 0 Å². The Hall–Kier alpha value is -5.36. The van der Waals surface area contributed by atoms with Gasteiger partial charge in [-0.2, -0.15) is 0 Å². The second kappa shape index (κ2) is 15.2. The summed E-state index contributed by atoms with van der Waals surface area (Å²) in [6.45, 7) is 7.09. The van der Waals surface area contributed by atoms with Gasteiger partial charge in [0.05, 0.1) is 0 Å². The van der Waals surface area contributed by atoms with Crippen molar-refractivity contribution in [1.29, 1.82) is 0 Å². The fraction of sp³-hybridized carbons (Fsp3) is 0.208. The SMILES string of the molecule is Cc1c(F)cc2cc(-c3ccc(C4CCC(C)CC4)cc3F)ccc2c1F.Cc1ccc(-c2ccc(-c3ccc4c(F)c(C)c(F)cc4c3)c(F)c2)cc1. The first-order valence-corrected chi connectivity index (χ1v) is 18.3. The molecule has 1 saturated carbocycles. The van der Waals surface area contributed by atoms with Crippen molar-refractivity contribution in [2.45, 2.75) is 59.3 Å². The van der Waals surface area contributed by atoms with Crippen molar-refractivity contribution in [3.63, 3.8) is 0 Å². The van der Waals surface area contributed by atoms with Gasteiger partial charge in [-0.15, -0.1) is 0 Å². The summed E-state index contributed by atoms with van der Waals surface area (Å²) >= 11 is 0. The van der Waals surface area contributed by atoms with Gasteiger partial charge >= 0.3 is 0 Å². The van der Waals surface area contributed by atoms with E-state index in [1.165, 1.54) is 44.9 Å². The van der Waals surface area contributed by atoms with Crippen molar-refractivity contribution in [2.75, 3.05) is 0 Å². The van der Waals surface area contributed by atoms with E-state index in [4.69, 9.17) is 0 Å². The lowest BCUT2D eigenvalue weighted by Gasteiger charge is -2.26. The summed E-state index contributed by atoms with van der Waals surface area (Å²) in [6.07, 6.45) is 4.59. The zero-order valence-corrected chi connectivity index (χ0v) is 30.6. The highest BCUT2D eigenvalue weighted by Crippen LogP contribution is 2.38.